The molecular weight excluding hydrogens is 432 g/mol. The SMILES string of the molecule is COc1cc2c(c(OC)c1OC)-c1c(c3ccccc3n1C)/C2=N/NC(=O)Nc1ccccc1. The summed E-state index contributed by atoms with van der Waals surface area (Å²) in [4.78, 5) is 12.6. The van der Waals surface area contributed by atoms with Crippen LogP contribution in [0.3, 0.4) is 0 Å². The fraction of sp³-hybridized carbons (Fsp3) is 0.154. The van der Waals surface area contributed by atoms with Crippen LogP contribution in [-0.2, 0) is 7.05 Å². The standard InChI is InChI=1S/C26H24N4O4/c1-30-18-13-9-8-12-16(18)20-22(28-29-26(31)27-15-10-6-5-7-11-15)17-14-19(32-2)24(33-3)25(34-4)21(17)23(20)30/h5-14H,1-4H3,(H2,27,29,31)/b28-22+. The van der Waals surface area contributed by atoms with Gasteiger partial charge in [0.15, 0.2) is 11.5 Å². The Balaban J connectivity index is 1.70. The monoisotopic (exact) mass is 456 g/mol. The first-order valence-electron chi connectivity index (χ1n) is 10.7. The molecule has 8 nitrogen and oxygen atoms in total. The Morgan fingerprint density at radius 2 is 1.59 bits per heavy atom. The predicted octanol–water partition coefficient (Wildman–Crippen LogP) is 4.76. The lowest BCUT2D eigenvalue weighted by atomic mass is 10.0. The van der Waals surface area contributed by atoms with Crippen LogP contribution in [0.1, 0.15) is 11.1 Å². The van der Waals surface area contributed by atoms with E-state index in [0.29, 0.717) is 28.6 Å². The zero-order valence-electron chi connectivity index (χ0n) is 19.3. The van der Waals surface area contributed by atoms with Crippen molar-refractivity contribution in [2.45, 2.75) is 0 Å². The molecular formula is C26H24N4O4. The summed E-state index contributed by atoms with van der Waals surface area (Å²) in [6.07, 6.45) is 0. The van der Waals surface area contributed by atoms with E-state index in [1.165, 1.54) is 0 Å². The second kappa shape index (κ2) is 8.47. The highest BCUT2D eigenvalue weighted by Gasteiger charge is 2.37. The first-order chi connectivity index (χ1) is 16.6. The van der Waals surface area contributed by atoms with Crippen LogP contribution in [0.2, 0.25) is 0 Å². The fourth-order valence-corrected chi connectivity index (χ4v) is 4.54. The lowest BCUT2D eigenvalue weighted by Crippen LogP contribution is -2.25. The first kappa shape index (κ1) is 21.4. The number of para-hydroxylation sites is 2. The van der Waals surface area contributed by atoms with E-state index in [-0.39, 0.29) is 0 Å². The average molecular weight is 457 g/mol. The molecule has 0 radical (unpaired) electrons. The number of urea groups is 1. The number of aromatic nitrogens is 1. The van der Waals surface area contributed by atoms with Gasteiger partial charge in [0.2, 0.25) is 5.75 Å². The highest BCUT2D eigenvalue weighted by Crippen LogP contribution is 2.53. The van der Waals surface area contributed by atoms with Crippen LogP contribution in [0.15, 0.2) is 65.8 Å². The minimum absolute atomic E-state index is 0.443. The molecule has 0 saturated carbocycles. The highest BCUT2D eigenvalue weighted by molar-refractivity contribution is 6.31. The quantitative estimate of drug-likeness (QED) is 0.374. The molecule has 4 aromatic rings. The van der Waals surface area contributed by atoms with Crippen molar-refractivity contribution >= 4 is 28.3 Å². The maximum absolute atomic E-state index is 12.6. The number of methoxy groups -OCH3 is 3. The van der Waals surface area contributed by atoms with E-state index in [9.17, 15) is 4.79 Å². The van der Waals surface area contributed by atoms with Gasteiger partial charge in [-0.05, 0) is 24.3 Å². The van der Waals surface area contributed by atoms with Crippen molar-refractivity contribution in [3.63, 3.8) is 0 Å². The molecule has 3 aromatic carbocycles. The number of hydrogen-bond donors (Lipinski definition) is 2. The number of fused-ring (bicyclic) bond motifs is 5. The Kier molecular flexibility index (Phi) is 5.33. The molecule has 2 amide bonds. The molecule has 1 aromatic heterocycles. The van der Waals surface area contributed by atoms with Crippen LogP contribution in [0.25, 0.3) is 22.2 Å². The van der Waals surface area contributed by atoms with Gasteiger partial charge in [-0.2, -0.15) is 5.10 Å². The molecule has 1 aliphatic carbocycles. The molecule has 0 unspecified atom stereocenters. The van der Waals surface area contributed by atoms with Crippen molar-refractivity contribution in [1.82, 2.24) is 9.99 Å². The number of hydrazone groups is 1. The third-order valence-electron chi connectivity index (χ3n) is 5.97. The number of ether oxygens (including phenoxy) is 3. The maximum Gasteiger partial charge on any atom is 0.339 e. The molecule has 8 heteroatoms. The summed E-state index contributed by atoms with van der Waals surface area (Å²) in [5.74, 6) is 1.55. The third kappa shape index (κ3) is 3.23. The van der Waals surface area contributed by atoms with Crippen molar-refractivity contribution in [1.29, 1.82) is 0 Å². The summed E-state index contributed by atoms with van der Waals surface area (Å²) >= 11 is 0. The van der Waals surface area contributed by atoms with Crippen LogP contribution in [-0.4, -0.2) is 37.6 Å². The first-order valence-corrected chi connectivity index (χ1v) is 10.7. The van der Waals surface area contributed by atoms with E-state index < -0.39 is 6.03 Å². The van der Waals surface area contributed by atoms with Gasteiger partial charge in [-0.15, -0.1) is 0 Å². The molecule has 172 valence electrons. The van der Waals surface area contributed by atoms with Gasteiger partial charge >= 0.3 is 6.03 Å². The largest absolute Gasteiger partial charge is 0.493 e. The van der Waals surface area contributed by atoms with E-state index in [4.69, 9.17) is 14.2 Å². The summed E-state index contributed by atoms with van der Waals surface area (Å²) in [6.45, 7) is 0. The van der Waals surface area contributed by atoms with Gasteiger partial charge in [0.25, 0.3) is 0 Å². The Morgan fingerprint density at radius 3 is 2.29 bits per heavy atom. The Labute approximate surface area is 196 Å². The van der Waals surface area contributed by atoms with Gasteiger partial charge < -0.3 is 24.1 Å². The number of amides is 2. The number of nitrogens with one attached hydrogen (secondary N) is 2. The third-order valence-corrected chi connectivity index (χ3v) is 5.97. The molecule has 1 aliphatic rings. The topological polar surface area (TPSA) is 86.1 Å². The lowest BCUT2D eigenvalue weighted by Gasteiger charge is -2.17. The van der Waals surface area contributed by atoms with Crippen molar-refractivity contribution in [3.8, 4) is 28.5 Å². The van der Waals surface area contributed by atoms with Crippen molar-refractivity contribution < 1.29 is 19.0 Å². The van der Waals surface area contributed by atoms with Gasteiger partial charge in [-0.25, -0.2) is 10.2 Å². The maximum atomic E-state index is 12.6. The van der Waals surface area contributed by atoms with E-state index in [1.807, 2.05) is 67.7 Å². The second-order valence-electron chi connectivity index (χ2n) is 7.76. The zero-order valence-corrected chi connectivity index (χ0v) is 19.3. The van der Waals surface area contributed by atoms with Crippen LogP contribution < -0.4 is 25.0 Å². The Bertz CT molecular complexity index is 1440. The number of nitrogens with zero attached hydrogens (tertiary/aromatic N) is 2. The smallest absolute Gasteiger partial charge is 0.339 e. The minimum Gasteiger partial charge on any atom is -0.493 e. The minimum atomic E-state index is -0.443. The van der Waals surface area contributed by atoms with Crippen LogP contribution in [0.4, 0.5) is 10.5 Å². The van der Waals surface area contributed by atoms with E-state index in [0.717, 1.165) is 33.3 Å². The number of aryl methyl sites for hydroxylation is 1. The van der Waals surface area contributed by atoms with Crippen molar-refractivity contribution in [2.24, 2.45) is 12.1 Å². The lowest BCUT2D eigenvalue weighted by molar-refractivity contribution is 0.252. The predicted molar refractivity (Wildman–Crippen MR) is 132 cm³/mol. The summed E-state index contributed by atoms with van der Waals surface area (Å²) in [5, 5.41) is 8.36. The molecule has 0 fully saturated rings. The van der Waals surface area contributed by atoms with E-state index in [1.54, 1.807) is 21.3 Å². The van der Waals surface area contributed by atoms with Crippen LogP contribution >= 0.6 is 0 Å². The molecule has 5 rings (SSSR count). The molecule has 0 aliphatic heterocycles. The number of anilines is 1. The van der Waals surface area contributed by atoms with Crippen molar-refractivity contribution in [2.75, 3.05) is 26.6 Å². The van der Waals surface area contributed by atoms with Gasteiger partial charge in [0.1, 0.15) is 5.71 Å². The number of hydrogen-bond acceptors (Lipinski definition) is 5. The molecule has 34 heavy (non-hydrogen) atoms. The fourth-order valence-electron chi connectivity index (χ4n) is 4.54. The Hall–Kier alpha value is -4.46. The van der Waals surface area contributed by atoms with Gasteiger partial charge in [-0.3, -0.25) is 0 Å². The van der Waals surface area contributed by atoms with E-state index in [2.05, 4.69) is 20.4 Å². The number of benzene rings is 3. The molecule has 0 saturated heterocycles. The summed E-state index contributed by atoms with van der Waals surface area (Å²) in [5.41, 5.74) is 8.42. The number of carbonyl (C=O) groups excluding carboxylic acids is 1. The van der Waals surface area contributed by atoms with Crippen LogP contribution in [0, 0.1) is 0 Å². The normalized spacial score (nSPS) is 12.9. The molecule has 1 heterocycles. The van der Waals surface area contributed by atoms with Gasteiger partial charge in [0.05, 0.1) is 32.6 Å². The Morgan fingerprint density at radius 1 is 0.882 bits per heavy atom. The zero-order chi connectivity index (χ0) is 23.8. The average Bonchev–Trinajstić information content (AvgIpc) is 3.34. The van der Waals surface area contributed by atoms with Crippen LogP contribution in [0.5, 0.6) is 17.2 Å². The molecule has 2 N–H and O–H groups in total. The number of carbonyl (C=O) groups is 1. The van der Waals surface area contributed by atoms with E-state index >= 15 is 0 Å². The molecule has 0 spiro atoms. The summed E-state index contributed by atoms with van der Waals surface area (Å²) in [7, 11) is 6.75. The van der Waals surface area contributed by atoms with Gasteiger partial charge in [-0.1, -0.05) is 36.4 Å². The summed E-state index contributed by atoms with van der Waals surface area (Å²) in [6, 6.07) is 18.7. The van der Waals surface area contributed by atoms with Gasteiger partial charge in [0, 0.05) is 34.8 Å². The molecule has 0 bridgehead atoms. The number of rotatable bonds is 5. The van der Waals surface area contributed by atoms with Crippen molar-refractivity contribution in [3.05, 3.63) is 71.8 Å². The second-order valence-corrected chi connectivity index (χ2v) is 7.76. The highest BCUT2D eigenvalue weighted by atomic mass is 16.5. The molecule has 0 atom stereocenters. The summed E-state index contributed by atoms with van der Waals surface area (Å²) < 4.78 is 19.1.